The van der Waals surface area contributed by atoms with Crippen LogP contribution in [0.5, 0.6) is 0 Å². The van der Waals surface area contributed by atoms with E-state index in [4.69, 9.17) is 23.2 Å². The summed E-state index contributed by atoms with van der Waals surface area (Å²) >= 11 is 12.1. The zero-order chi connectivity index (χ0) is 13.1. The van der Waals surface area contributed by atoms with Crippen molar-refractivity contribution in [1.29, 1.82) is 0 Å². The molecule has 0 heterocycles. The van der Waals surface area contributed by atoms with Gasteiger partial charge in [0.25, 0.3) is 0 Å². The summed E-state index contributed by atoms with van der Waals surface area (Å²) in [5.74, 6) is 0.374. The Balaban J connectivity index is 2.05. The lowest BCUT2D eigenvalue weighted by Crippen LogP contribution is -2.35. The standard InChI is InChI=1S/C14H19Cl2NO/c1-9(12-6-5-11(15)7-13(12)16)17-14-4-2-3-10(14)8-18/h5-7,9-10,14,17-18H,2-4,8H2,1H3. The highest BCUT2D eigenvalue weighted by molar-refractivity contribution is 6.35. The summed E-state index contributed by atoms with van der Waals surface area (Å²) in [6, 6.07) is 6.16. The minimum absolute atomic E-state index is 0.173. The number of benzene rings is 1. The van der Waals surface area contributed by atoms with Crippen LogP contribution in [-0.2, 0) is 0 Å². The molecule has 0 amide bonds. The van der Waals surface area contributed by atoms with Crippen molar-refractivity contribution < 1.29 is 5.11 Å². The first-order valence-electron chi connectivity index (χ1n) is 6.43. The van der Waals surface area contributed by atoms with E-state index < -0.39 is 0 Å². The van der Waals surface area contributed by atoms with E-state index in [0.717, 1.165) is 18.4 Å². The highest BCUT2D eigenvalue weighted by atomic mass is 35.5. The molecule has 1 aliphatic rings. The van der Waals surface area contributed by atoms with Crippen molar-refractivity contribution >= 4 is 23.2 Å². The number of nitrogens with one attached hydrogen (secondary N) is 1. The fourth-order valence-corrected chi connectivity index (χ4v) is 3.31. The third-order valence-electron chi connectivity index (χ3n) is 3.79. The van der Waals surface area contributed by atoms with Crippen molar-refractivity contribution in [2.45, 2.75) is 38.3 Å². The van der Waals surface area contributed by atoms with Crippen LogP contribution in [0.2, 0.25) is 10.0 Å². The quantitative estimate of drug-likeness (QED) is 0.883. The summed E-state index contributed by atoms with van der Waals surface area (Å²) in [6.45, 7) is 2.36. The van der Waals surface area contributed by atoms with Crippen LogP contribution in [0.25, 0.3) is 0 Å². The summed E-state index contributed by atoms with van der Waals surface area (Å²) in [7, 11) is 0. The maximum Gasteiger partial charge on any atom is 0.0474 e. The molecule has 100 valence electrons. The minimum Gasteiger partial charge on any atom is -0.396 e. The number of aliphatic hydroxyl groups is 1. The van der Waals surface area contributed by atoms with Crippen LogP contribution in [0.3, 0.4) is 0 Å². The lowest BCUT2D eigenvalue weighted by molar-refractivity contribution is 0.200. The van der Waals surface area contributed by atoms with Gasteiger partial charge in [0, 0.05) is 28.7 Å². The average Bonchev–Trinajstić information content (AvgIpc) is 2.76. The molecule has 1 saturated carbocycles. The number of hydrogen-bond acceptors (Lipinski definition) is 2. The summed E-state index contributed by atoms with van der Waals surface area (Å²) in [6.07, 6.45) is 3.42. The van der Waals surface area contributed by atoms with Gasteiger partial charge in [-0.3, -0.25) is 0 Å². The predicted molar refractivity (Wildman–Crippen MR) is 76.2 cm³/mol. The van der Waals surface area contributed by atoms with Gasteiger partial charge in [0.2, 0.25) is 0 Å². The SMILES string of the molecule is CC(NC1CCCC1CO)c1ccc(Cl)cc1Cl. The van der Waals surface area contributed by atoms with Gasteiger partial charge in [-0.2, -0.15) is 0 Å². The van der Waals surface area contributed by atoms with Gasteiger partial charge in [-0.1, -0.05) is 35.7 Å². The maximum atomic E-state index is 9.33. The van der Waals surface area contributed by atoms with Crippen molar-refractivity contribution in [3.8, 4) is 0 Å². The van der Waals surface area contributed by atoms with Gasteiger partial charge >= 0.3 is 0 Å². The van der Waals surface area contributed by atoms with E-state index in [1.165, 1.54) is 6.42 Å². The first-order chi connectivity index (χ1) is 8.61. The molecular formula is C14H19Cl2NO. The molecule has 18 heavy (non-hydrogen) atoms. The van der Waals surface area contributed by atoms with E-state index in [-0.39, 0.29) is 12.6 Å². The van der Waals surface area contributed by atoms with Crippen LogP contribution in [0.4, 0.5) is 0 Å². The fraction of sp³-hybridized carbons (Fsp3) is 0.571. The van der Waals surface area contributed by atoms with Gasteiger partial charge in [0.05, 0.1) is 0 Å². The fourth-order valence-electron chi connectivity index (χ4n) is 2.74. The van der Waals surface area contributed by atoms with Gasteiger partial charge in [0.15, 0.2) is 0 Å². The molecule has 2 N–H and O–H groups in total. The number of rotatable bonds is 4. The molecule has 3 atom stereocenters. The average molecular weight is 288 g/mol. The molecule has 0 saturated heterocycles. The lowest BCUT2D eigenvalue weighted by Gasteiger charge is -2.24. The van der Waals surface area contributed by atoms with E-state index in [2.05, 4.69) is 12.2 Å². The molecule has 0 aliphatic heterocycles. The summed E-state index contributed by atoms with van der Waals surface area (Å²) in [4.78, 5) is 0. The molecule has 3 unspecified atom stereocenters. The Hall–Kier alpha value is -0.280. The molecule has 2 rings (SSSR count). The van der Waals surface area contributed by atoms with Gasteiger partial charge in [-0.25, -0.2) is 0 Å². The zero-order valence-corrected chi connectivity index (χ0v) is 12.0. The Labute approximate surface area is 118 Å². The second-order valence-corrected chi connectivity index (χ2v) is 5.88. The Morgan fingerprint density at radius 3 is 2.83 bits per heavy atom. The van der Waals surface area contributed by atoms with E-state index in [9.17, 15) is 5.11 Å². The molecule has 0 spiro atoms. The molecule has 0 bridgehead atoms. The van der Waals surface area contributed by atoms with Crippen molar-refractivity contribution in [3.05, 3.63) is 33.8 Å². The van der Waals surface area contributed by atoms with Crippen molar-refractivity contribution in [3.63, 3.8) is 0 Å². The molecular weight excluding hydrogens is 269 g/mol. The lowest BCUT2D eigenvalue weighted by atomic mass is 10.0. The van der Waals surface area contributed by atoms with Gasteiger partial charge in [0.1, 0.15) is 0 Å². The molecule has 0 radical (unpaired) electrons. The highest BCUT2D eigenvalue weighted by Crippen LogP contribution is 2.30. The molecule has 1 aromatic carbocycles. The molecule has 1 aromatic rings. The second-order valence-electron chi connectivity index (χ2n) is 5.03. The molecule has 1 fully saturated rings. The monoisotopic (exact) mass is 287 g/mol. The van der Waals surface area contributed by atoms with E-state index >= 15 is 0 Å². The first-order valence-corrected chi connectivity index (χ1v) is 7.19. The van der Waals surface area contributed by atoms with Gasteiger partial charge < -0.3 is 10.4 Å². The molecule has 4 heteroatoms. The Bertz CT molecular complexity index is 411. The number of hydrogen-bond donors (Lipinski definition) is 2. The first kappa shape index (κ1) is 14.1. The van der Waals surface area contributed by atoms with Gasteiger partial charge in [-0.05, 0) is 43.4 Å². The van der Waals surface area contributed by atoms with Gasteiger partial charge in [-0.15, -0.1) is 0 Å². The maximum absolute atomic E-state index is 9.33. The van der Waals surface area contributed by atoms with Crippen LogP contribution < -0.4 is 5.32 Å². The third-order valence-corrected chi connectivity index (χ3v) is 4.35. The van der Waals surface area contributed by atoms with Crippen LogP contribution in [-0.4, -0.2) is 17.8 Å². The summed E-state index contributed by atoms with van der Waals surface area (Å²) in [5.41, 5.74) is 1.06. The van der Waals surface area contributed by atoms with Crippen molar-refractivity contribution in [1.82, 2.24) is 5.32 Å². The Morgan fingerprint density at radius 2 is 2.17 bits per heavy atom. The predicted octanol–water partition coefficient (Wildman–Crippen LogP) is 3.81. The Kier molecular flexibility index (Phi) is 4.91. The van der Waals surface area contributed by atoms with Crippen LogP contribution in [0.1, 0.15) is 37.8 Å². The van der Waals surface area contributed by atoms with Crippen LogP contribution in [0, 0.1) is 5.92 Å². The largest absolute Gasteiger partial charge is 0.396 e. The van der Waals surface area contributed by atoms with Crippen LogP contribution >= 0.6 is 23.2 Å². The summed E-state index contributed by atoms with van der Waals surface area (Å²) in [5, 5.41) is 14.2. The summed E-state index contributed by atoms with van der Waals surface area (Å²) < 4.78 is 0. The molecule has 1 aliphatic carbocycles. The smallest absolute Gasteiger partial charge is 0.0474 e. The van der Waals surface area contributed by atoms with Crippen molar-refractivity contribution in [2.75, 3.05) is 6.61 Å². The van der Waals surface area contributed by atoms with E-state index in [0.29, 0.717) is 22.0 Å². The van der Waals surface area contributed by atoms with Crippen LogP contribution in [0.15, 0.2) is 18.2 Å². The number of halogens is 2. The second kappa shape index (κ2) is 6.25. The van der Waals surface area contributed by atoms with E-state index in [1.807, 2.05) is 12.1 Å². The zero-order valence-electron chi connectivity index (χ0n) is 10.5. The normalized spacial score (nSPS) is 25.3. The number of aliphatic hydroxyl groups excluding tert-OH is 1. The topological polar surface area (TPSA) is 32.3 Å². The third kappa shape index (κ3) is 3.18. The van der Waals surface area contributed by atoms with E-state index in [1.54, 1.807) is 6.07 Å². The highest BCUT2D eigenvalue weighted by Gasteiger charge is 2.28. The molecule has 0 aromatic heterocycles. The minimum atomic E-state index is 0.173. The Morgan fingerprint density at radius 1 is 1.39 bits per heavy atom. The molecule has 2 nitrogen and oxygen atoms in total. The van der Waals surface area contributed by atoms with Crippen molar-refractivity contribution in [2.24, 2.45) is 5.92 Å².